The molecule has 96 valence electrons. The summed E-state index contributed by atoms with van der Waals surface area (Å²) in [6, 6.07) is 4.23. The predicted molar refractivity (Wildman–Crippen MR) is 72.9 cm³/mol. The quantitative estimate of drug-likeness (QED) is 0.918. The first kappa shape index (κ1) is 12.8. The first-order chi connectivity index (χ1) is 8.58. The highest BCUT2D eigenvalue weighted by Gasteiger charge is 2.15. The molecule has 2 aromatic heterocycles. The SMILES string of the molecule is Cc1c(C(=O)NC(C)Cc2cccs2)cnn1C. The number of nitrogens with one attached hydrogen (secondary N) is 1. The zero-order valence-electron chi connectivity index (χ0n) is 10.8. The van der Waals surface area contributed by atoms with Gasteiger partial charge in [0.05, 0.1) is 11.8 Å². The van der Waals surface area contributed by atoms with Gasteiger partial charge in [0.25, 0.3) is 5.91 Å². The average molecular weight is 263 g/mol. The molecule has 5 heteroatoms. The largest absolute Gasteiger partial charge is 0.349 e. The molecule has 2 rings (SSSR count). The molecular weight excluding hydrogens is 246 g/mol. The Kier molecular flexibility index (Phi) is 3.81. The van der Waals surface area contributed by atoms with Crippen molar-refractivity contribution in [2.75, 3.05) is 0 Å². The van der Waals surface area contributed by atoms with Crippen LogP contribution in [0.1, 0.15) is 27.9 Å². The maximum atomic E-state index is 12.1. The Bertz CT molecular complexity index is 530. The van der Waals surface area contributed by atoms with Crippen LogP contribution in [0.4, 0.5) is 0 Å². The molecule has 1 N–H and O–H groups in total. The maximum Gasteiger partial charge on any atom is 0.254 e. The lowest BCUT2D eigenvalue weighted by atomic mass is 10.2. The molecule has 1 atom stereocenters. The van der Waals surface area contributed by atoms with Crippen LogP contribution in [0.25, 0.3) is 0 Å². The van der Waals surface area contributed by atoms with E-state index in [0.29, 0.717) is 5.56 Å². The maximum absolute atomic E-state index is 12.1. The Balaban J connectivity index is 1.97. The summed E-state index contributed by atoms with van der Waals surface area (Å²) in [6.07, 6.45) is 2.48. The van der Waals surface area contributed by atoms with Crippen LogP contribution in [0.3, 0.4) is 0 Å². The number of thiophene rings is 1. The van der Waals surface area contributed by atoms with Crippen LogP contribution in [0, 0.1) is 6.92 Å². The number of nitrogens with zero attached hydrogens (tertiary/aromatic N) is 2. The zero-order chi connectivity index (χ0) is 13.1. The minimum atomic E-state index is -0.0512. The van der Waals surface area contributed by atoms with Gasteiger partial charge in [-0.15, -0.1) is 11.3 Å². The fourth-order valence-electron chi connectivity index (χ4n) is 1.80. The first-order valence-electron chi connectivity index (χ1n) is 5.89. The molecule has 2 heterocycles. The Morgan fingerprint density at radius 1 is 1.61 bits per heavy atom. The molecular formula is C13H17N3OS. The summed E-state index contributed by atoms with van der Waals surface area (Å²) in [5.74, 6) is -0.0512. The molecule has 0 radical (unpaired) electrons. The molecule has 18 heavy (non-hydrogen) atoms. The average Bonchev–Trinajstić information content (AvgIpc) is 2.91. The van der Waals surface area contributed by atoms with Gasteiger partial charge in [0.2, 0.25) is 0 Å². The summed E-state index contributed by atoms with van der Waals surface area (Å²) in [5, 5.41) is 9.13. The summed E-state index contributed by atoms with van der Waals surface area (Å²) in [5.41, 5.74) is 1.53. The van der Waals surface area contributed by atoms with E-state index in [9.17, 15) is 4.79 Å². The third-order valence-electron chi connectivity index (χ3n) is 2.94. The minimum Gasteiger partial charge on any atom is -0.349 e. The fourth-order valence-corrected chi connectivity index (χ4v) is 2.64. The molecule has 1 unspecified atom stereocenters. The lowest BCUT2D eigenvalue weighted by Gasteiger charge is -2.12. The van der Waals surface area contributed by atoms with Crippen molar-refractivity contribution in [3.63, 3.8) is 0 Å². The molecule has 0 aliphatic rings. The topological polar surface area (TPSA) is 46.9 Å². The van der Waals surface area contributed by atoms with Crippen molar-refractivity contribution in [1.82, 2.24) is 15.1 Å². The van der Waals surface area contributed by atoms with Crippen LogP contribution in [0.5, 0.6) is 0 Å². The molecule has 0 aliphatic carbocycles. The number of hydrogen-bond donors (Lipinski definition) is 1. The second-order valence-electron chi connectivity index (χ2n) is 4.43. The normalized spacial score (nSPS) is 12.4. The van der Waals surface area contributed by atoms with Gasteiger partial charge in [-0.3, -0.25) is 9.48 Å². The van der Waals surface area contributed by atoms with Gasteiger partial charge in [0, 0.05) is 30.1 Å². The number of carbonyl (C=O) groups excluding carboxylic acids is 1. The number of carbonyl (C=O) groups is 1. The van der Waals surface area contributed by atoms with E-state index in [1.54, 1.807) is 22.2 Å². The summed E-state index contributed by atoms with van der Waals surface area (Å²) >= 11 is 1.71. The third-order valence-corrected chi connectivity index (χ3v) is 3.84. The van der Waals surface area contributed by atoms with Gasteiger partial charge in [0.1, 0.15) is 0 Å². The molecule has 1 amide bonds. The van der Waals surface area contributed by atoms with Gasteiger partial charge in [-0.25, -0.2) is 0 Å². The first-order valence-corrected chi connectivity index (χ1v) is 6.77. The Morgan fingerprint density at radius 3 is 2.94 bits per heavy atom. The van der Waals surface area contributed by atoms with Crippen LogP contribution in [0.2, 0.25) is 0 Å². The number of rotatable bonds is 4. The molecule has 2 aromatic rings. The highest BCUT2D eigenvalue weighted by molar-refractivity contribution is 7.09. The molecule has 0 saturated carbocycles. The van der Waals surface area contributed by atoms with Gasteiger partial charge in [-0.1, -0.05) is 6.07 Å². The number of amides is 1. The standard InChI is InChI=1S/C13H17N3OS/c1-9(7-11-5-4-6-18-11)15-13(17)12-8-14-16(3)10(12)2/h4-6,8-9H,7H2,1-3H3,(H,15,17). The van der Waals surface area contributed by atoms with Gasteiger partial charge in [-0.05, 0) is 25.3 Å². The van der Waals surface area contributed by atoms with Gasteiger partial charge < -0.3 is 5.32 Å². The van der Waals surface area contributed by atoms with E-state index in [1.807, 2.05) is 27.0 Å². The highest BCUT2D eigenvalue weighted by atomic mass is 32.1. The van der Waals surface area contributed by atoms with Crippen LogP contribution >= 0.6 is 11.3 Å². The Labute approximate surface area is 111 Å². The van der Waals surface area contributed by atoms with E-state index in [1.165, 1.54) is 4.88 Å². The Morgan fingerprint density at radius 2 is 2.39 bits per heavy atom. The molecule has 0 aromatic carbocycles. The van der Waals surface area contributed by atoms with Crippen LogP contribution < -0.4 is 5.32 Å². The molecule has 0 aliphatic heterocycles. The van der Waals surface area contributed by atoms with Gasteiger partial charge >= 0.3 is 0 Å². The third kappa shape index (κ3) is 2.79. The summed E-state index contributed by atoms with van der Waals surface area (Å²) in [7, 11) is 1.83. The van der Waals surface area contributed by atoms with Crippen molar-refractivity contribution in [1.29, 1.82) is 0 Å². The molecule has 0 spiro atoms. The summed E-state index contributed by atoms with van der Waals surface area (Å²) in [4.78, 5) is 13.3. The lowest BCUT2D eigenvalue weighted by Crippen LogP contribution is -2.34. The van der Waals surface area contributed by atoms with Crippen LogP contribution in [-0.2, 0) is 13.5 Å². The molecule has 0 fully saturated rings. The summed E-state index contributed by atoms with van der Waals surface area (Å²) < 4.78 is 1.71. The number of aryl methyl sites for hydroxylation is 1. The summed E-state index contributed by atoms with van der Waals surface area (Å²) in [6.45, 7) is 3.91. The molecule has 0 saturated heterocycles. The van der Waals surface area contributed by atoms with Crippen molar-refractivity contribution < 1.29 is 4.79 Å². The van der Waals surface area contributed by atoms with Crippen molar-refractivity contribution in [3.05, 3.63) is 39.8 Å². The van der Waals surface area contributed by atoms with Gasteiger partial charge in [0.15, 0.2) is 0 Å². The van der Waals surface area contributed by atoms with Gasteiger partial charge in [-0.2, -0.15) is 5.10 Å². The molecule has 4 nitrogen and oxygen atoms in total. The van der Waals surface area contributed by atoms with Crippen LogP contribution in [0.15, 0.2) is 23.7 Å². The van der Waals surface area contributed by atoms with Crippen molar-refractivity contribution >= 4 is 17.2 Å². The van der Waals surface area contributed by atoms with E-state index in [0.717, 1.165) is 12.1 Å². The minimum absolute atomic E-state index is 0.0512. The van der Waals surface area contributed by atoms with E-state index < -0.39 is 0 Å². The Hall–Kier alpha value is -1.62. The van der Waals surface area contributed by atoms with Crippen LogP contribution in [-0.4, -0.2) is 21.7 Å². The van der Waals surface area contributed by atoms with Crippen molar-refractivity contribution in [2.24, 2.45) is 7.05 Å². The van der Waals surface area contributed by atoms with Crippen molar-refractivity contribution in [2.45, 2.75) is 26.3 Å². The fraction of sp³-hybridized carbons (Fsp3) is 0.385. The van der Waals surface area contributed by atoms with E-state index >= 15 is 0 Å². The van der Waals surface area contributed by atoms with E-state index in [2.05, 4.69) is 21.9 Å². The second-order valence-corrected chi connectivity index (χ2v) is 5.46. The van der Waals surface area contributed by atoms with E-state index in [-0.39, 0.29) is 11.9 Å². The highest BCUT2D eigenvalue weighted by Crippen LogP contribution is 2.12. The lowest BCUT2D eigenvalue weighted by molar-refractivity contribution is 0.0939. The van der Waals surface area contributed by atoms with E-state index in [4.69, 9.17) is 0 Å². The second kappa shape index (κ2) is 5.35. The van der Waals surface area contributed by atoms with Crippen molar-refractivity contribution in [3.8, 4) is 0 Å². The predicted octanol–water partition coefficient (Wildman–Crippen LogP) is 2.15. The molecule has 0 bridgehead atoms. The number of aromatic nitrogens is 2. The zero-order valence-corrected chi connectivity index (χ0v) is 11.6. The smallest absolute Gasteiger partial charge is 0.254 e. The number of hydrogen-bond acceptors (Lipinski definition) is 3. The monoisotopic (exact) mass is 263 g/mol.